The third kappa shape index (κ3) is 6.46. The third-order valence-corrected chi connectivity index (χ3v) is 18.2. The first kappa shape index (κ1) is 30.1. The summed E-state index contributed by atoms with van der Waals surface area (Å²) in [6.45, 7) is 9.13. The summed E-state index contributed by atoms with van der Waals surface area (Å²) in [7, 11) is -1.67. The van der Waals surface area contributed by atoms with Crippen LogP contribution in [-0.4, -0.2) is 0 Å². The first-order chi connectivity index (χ1) is 20.5. The van der Waals surface area contributed by atoms with Crippen molar-refractivity contribution < 1.29 is 0 Å². The maximum atomic E-state index is 2.34. The van der Waals surface area contributed by atoms with Crippen molar-refractivity contribution in [2.75, 3.05) is 0 Å². The van der Waals surface area contributed by atoms with Crippen LogP contribution in [0.2, 0.25) is 0 Å². The Morgan fingerprint density at radius 2 is 0.571 bits per heavy atom. The highest BCUT2D eigenvalue weighted by molar-refractivity contribution is 8.29. The molecule has 0 atom stereocenters. The highest BCUT2D eigenvalue weighted by Gasteiger charge is 2.37. The molecule has 0 unspecified atom stereocenters. The Morgan fingerprint density at radius 1 is 0.357 bits per heavy atom. The van der Waals surface area contributed by atoms with Crippen molar-refractivity contribution >= 4 is 84.1 Å². The maximum Gasteiger partial charge on any atom is 0.0583 e. The topological polar surface area (TPSA) is 0 Å². The first-order valence-electron chi connectivity index (χ1n) is 13.9. The van der Waals surface area contributed by atoms with Crippen molar-refractivity contribution in [3.8, 4) is 0 Å². The van der Waals surface area contributed by atoms with E-state index in [0.29, 0.717) is 0 Å². The Kier molecular flexibility index (Phi) is 9.91. The molecule has 0 saturated carbocycles. The van der Waals surface area contributed by atoms with Crippen LogP contribution in [0.15, 0.2) is 160 Å². The van der Waals surface area contributed by atoms with E-state index >= 15 is 0 Å². The maximum absolute atomic E-state index is 2.34. The summed E-state index contributed by atoms with van der Waals surface area (Å²) in [5.74, 6) is 0. The van der Waals surface area contributed by atoms with Gasteiger partial charge in [0.05, 0.1) is 8.47 Å². The molecular formula is C36H32P2S4. The summed E-state index contributed by atoms with van der Waals surface area (Å²) in [5, 5.41) is 8.62. The van der Waals surface area contributed by atoms with Crippen LogP contribution in [0, 0.1) is 0 Å². The molecule has 4 aromatic carbocycles. The largest absolute Gasteiger partial charge is 0.0859 e. The van der Waals surface area contributed by atoms with Crippen LogP contribution < -0.4 is 21.2 Å². The van der Waals surface area contributed by atoms with Crippen LogP contribution in [0.25, 0.3) is 0 Å². The SMILES string of the molecule is CC1=C(C)SC(=C(C(=C2SC(C)=C(C)S2)P(c2ccccc2)c2ccccc2)P(c2ccccc2)c2ccccc2)S1. The molecule has 0 bridgehead atoms. The van der Waals surface area contributed by atoms with Gasteiger partial charge in [-0.1, -0.05) is 168 Å². The minimum Gasteiger partial charge on any atom is -0.0859 e. The quantitative estimate of drug-likeness (QED) is 0.182. The van der Waals surface area contributed by atoms with Crippen molar-refractivity contribution in [3.63, 3.8) is 0 Å². The Balaban J connectivity index is 1.71. The number of hydrogen-bond acceptors (Lipinski definition) is 4. The molecule has 2 heterocycles. The lowest BCUT2D eigenvalue weighted by molar-refractivity contribution is 1.57. The molecule has 0 radical (unpaired) electrons. The molecule has 6 rings (SSSR count). The van der Waals surface area contributed by atoms with Crippen LogP contribution in [0.5, 0.6) is 0 Å². The average molecular weight is 655 g/mol. The van der Waals surface area contributed by atoms with Gasteiger partial charge in [-0.25, -0.2) is 0 Å². The van der Waals surface area contributed by atoms with Crippen LogP contribution in [0.1, 0.15) is 27.7 Å². The molecule has 0 amide bonds. The predicted molar refractivity (Wildman–Crippen MR) is 199 cm³/mol. The zero-order valence-corrected chi connectivity index (χ0v) is 29.1. The second-order valence-corrected chi connectivity index (χ2v) is 19.6. The van der Waals surface area contributed by atoms with Gasteiger partial charge < -0.3 is 0 Å². The van der Waals surface area contributed by atoms with E-state index in [4.69, 9.17) is 0 Å². The summed E-state index contributed by atoms with van der Waals surface area (Å²) < 4.78 is 2.88. The number of thioether (sulfide) groups is 4. The molecule has 0 aromatic heterocycles. The van der Waals surface area contributed by atoms with E-state index in [1.165, 1.54) is 59.9 Å². The summed E-state index contributed by atoms with van der Waals surface area (Å²) in [4.78, 5) is 5.64. The van der Waals surface area contributed by atoms with Crippen molar-refractivity contribution in [3.05, 3.63) is 160 Å². The highest BCUT2D eigenvalue weighted by atomic mass is 32.2. The lowest BCUT2D eigenvalue weighted by Gasteiger charge is -2.32. The summed E-state index contributed by atoms with van der Waals surface area (Å²) in [5.41, 5.74) is 0. The van der Waals surface area contributed by atoms with Crippen LogP contribution in [-0.2, 0) is 0 Å². The molecule has 0 N–H and O–H groups in total. The molecule has 2 aliphatic rings. The number of rotatable bonds is 7. The average Bonchev–Trinajstić information content (AvgIpc) is 3.55. The lowest BCUT2D eigenvalue weighted by Crippen LogP contribution is -2.19. The van der Waals surface area contributed by atoms with Crippen LogP contribution in [0.4, 0.5) is 0 Å². The normalized spacial score (nSPS) is 15.4. The minimum atomic E-state index is -0.836. The molecular weight excluding hydrogens is 623 g/mol. The molecule has 2 aliphatic heterocycles. The molecule has 0 nitrogen and oxygen atoms in total. The smallest absolute Gasteiger partial charge is 0.0583 e. The van der Waals surface area contributed by atoms with Gasteiger partial charge in [-0.05, 0) is 84.4 Å². The third-order valence-electron chi connectivity index (χ3n) is 7.09. The van der Waals surface area contributed by atoms with E-state index in [0.717, 1.165) is 0 Å². The monoisotopic (exact) mass is 654 g/mol. The van der Waals surface area contributed by atoms with E-state index in [9.17, 15) is 0 Å². The predicted octanol–water partition coefficient (Wildman–Crippen LogP) is 11.1. The van der Waals surface area contributed by atoms with Gasteiger partial charge >= 0.3 is 0 Å². The molecule has 210 valence electrons. The number of benzene rings is 4. The zero-order valence-electron chi connectivity index (χ0n) is 24.1. The highest BCUT2D eigenvalue weighted by Crippen LogP contribution is 2.68. The van der Waals surface area contributed by atoms with Crippen LogP contribution in [0.3, 0.4) is 0 Å². The Morgan fingerprint density at radius 3 is 0.786 bits per heavy atom. The fourth-order valence-corrected chi connectivity index (χ4v) is 16.7. The molecule has 0 aliphatic carbocycles. The molecule has 0 spiro atoms. The van der Waals surface area contributed by atoms with E-state index in [1.807, 2.05) is 47.0 Å². The standard InChI is InChI=1S/C36H32P2S4/c1-25-26(2)40-35(39-25)33(37(29-17-9-5-10-18-29)30-19-11-6-12-20-30)34(36-41-27(3)28(4)42-36)38(31-21-13-7-14-22-31)32-23-15-8-16-24-32/h5-24H,1-4H3. The summed E-state index contributed by atoms with van der Waals surface area (Å²) in [6, 6.07) is 45.0. The van der Waals surface area contributed by atoms with Crippen LogP contribution >= 0.6 is 62.9 Å². The van der Waals surface area contributed by atoms with E-state index < -0.39 is 15.8 Å². The fourth-order valence-electron chi connectivity index (χ4n) is 4.79. The van der Waals surface area contributed by atoms with E-state index in [-0.39, 0.29) is 0 Å². The summed E-state index contributed by atoms with van der Waals surface area (Å²) in [6.07, 6.45) is 0. The van der Waals surface area contributed by atoms with Crippen molar-refractivity contribution in [2.24, 2.45) is 0 Å². The fraction of sp³-hybridized carbons (Fsp3) is 0.111. The van der Waals surface area contributed by atoms with Gasteiger partial charge in [-0.15, -0.1) is 0 Å². The molecule has 42 heavy (non-hydrogen) atoms. The first-order valence-corrected chi connectivity index (χ1v) is 19.8. The Labute approximate surface area is 270 Å². The van der Waals surface area contributed by atoms with Gasteiger partial charge in [0.25, 0.3) is 0 Å². The number of hydrogen-bond donors (Lipinski definition) is 0. The molecule has 4 aromatic rings. The minimum absolute atomic E-state index is 0.836. The van der Waals surface area contributed by atoms with E-state index in [1.54, 1.807) is 0 Å². The Bertz CT molecular complexity index is 1450. The Hall–Kier alpha value is -1.90. The van der Waals surface area contributed by atoms with Gasteiger partial charge in [0.1, 0.15) is 0 Å². The van der Waals surface area contributed by atoms with Gasteiger partial charge in [-0.2, -0.15) is 0 Å². The van der Waals surface area contributed by atoms with E-state index in [2.05, 4.69) is 149 Å². The van der Waals surface area contributed by atoms with Gasteiger partial charge in [0, 0.05) is 10.6 Å². The van der Waals surface area contributed by atoms with Gasteiger partial charge in [-0.3, -0.25) is 0 Å². The van der Waals surface area contributed by atoms with Crippen molar-refractivity contribution in [1.82, 2.24) is 0 Å². The molecule has 6 heteroatoms. The van der Waals surface area contributed by atoms with Gasteiger partial charge in [0.2, 0.25) is 0 Å². The zero-order chi connectivity index (χ0) is 29.1. The second kappa shape index (κ2) is 13.8. The second-order valence-electron chi connectivity index (χ2n) is 9.92. The van der Waals surface area contributed by atoms with Crippen molar-refractivity contribution in [1.29, 1.82) is 0 Å². The van der Waals surface area contributed by atoms with Crippen molar-refractivity contribution in [2.45, 2.75) is 27.7 Å². The number of allylic oxidation sites excluding steroid dienone is 6. The molecule has 0 fully saturated rings. The summed E-state index contributed by atoms with van der Waals surface area (Å²) >= 11 is 7.91. The van der Waals surface area contributed by atoms with Gasteiger partial charge in [0.15, 0.2) is 0 Å². The lowest BCUT2D eigenvalue weighted by atomic mass is 10.4. The molecule has 0 saturated heterocycles.